The van der Waals surface area contributed by atoms with Crippen molar-refractivity contribution in [2.24, 2.45) is 0 Å². The Kier molecular flexibility index (Phi) is 5.86. The summed E-state index contributed by atoms with van der Waals surface area (Å²) in [6.07, 6.45) is 3.66. The van der Waals surface area contributed by atoms with Crippen molar-refractivity contribution in [3.05, 3.63) is 76.8 Å². The maximum atomic E-state index is 6.11. The summed E-state index contributed by atoms with van der Waals surface area (Å²) in [7, 11) is 1.60. The summed E-state index contributed by atoms with van der Waals surface area (Å²) in [6, 6.07) is 13.6. The van der Waals surface area contributed by atoms with Crippen LogP contribution >= 0.6 is 11.6 Å². The lowest BCUT2D eigenvalue weighted by Gasteiger charge is -2.17. The van der Waals surface area contributed by atoms with Gasteiger partial charge in [-0.15, -0.1) is 10.2 Å². The second-order valence-corrected chi connectivity index (χ2v) is 7.77. The van der Waals surface area contributed by atoms with E-state index in [1.54, 1.807) is 13.4 Å². The van der Waals surface area contributed by atoms with Crippen molar-refractivity contribution < 1.29 is 4.74 Å². The Morgan fingerprint density at radius 1 is 1.06 bits per heavy atom. The molecule has 0 amide bonds. The van der Waals surface area contributed by atoms with Crippen molar-refractivity contribution in [2.45, 2.75) is 26.8 Å². The molecule has 1 N–H and O–H groups in total. The number of nitrogens with one attached hydrogen (secondary N) is 1. The molecule has 3 aromatic heterocycles. The van der Waals surface area contributed by atoms with Crippen molar-refractivity contribution >= 4 is 17.4 Å². The fraction of sp³-hybridized carbons (Fsp3) is 0.217. The van der Waals surface area contributed by atoms with Crippen molar-refractivity contribution in [3.63, 3.8) is 0 Å². The topological polar surface area (TPSA) is 77.8 Å². The Balaban J connectivity index is 1.59. The van der Waals surface area contributed by atoms with Crippen molar-refractivity contribution in [3.8, 4) is 23.0 Å². The second kappa shape index (κ2) is 8.73. The van der Waals surface area contributed by atoms with E-state index in [-0.39, 0.29) is 6.04 Å². The highest BCUT2D eigenvalue weighted by Crippen LogP contribution is 2.27. The van der Waals surface area contributed by atoms with Gasteiger partial charge in [-0.1, -0.05) is 23.7 Å². The Bertz CT molecular complexity index is 1220. The number of nitrogens with zero attached hydrogens (tertiary/aromatic N) is 5. The van der Waals surface area contributed by atoms with Gasteiger partial charge in [0, 0.05) is 11.2 Å². The molecule has 7 nitrogen and oxygen atoms in total. The SMILES string of the molecule is COc1nc(-c2cc(C)c(N[C@@H](C)c3cccc(Cl)c3)nn2)ccc1-n1cnc(C)c1. The number of aryl methyl sites for hydroxylation is 2. The Morgan fingerprint density at radius 3 is 2.58 bits per heavy atom. The minimum atomic E-state index is 0.0358. The maximum Gasteiger partial charge on any atom is 0.238 e. The standard InChI is InChI=1S/C23H23ClN6O/c1-14-10-20(28-29-22(14)26-16(3)17-6-5-7-18(24)11-17)19-8-9-21(23(27-19)31-4)30-12-15(2)25-13-30/h5-13,16H,1-4H3,(H,26,29)/t16-/m0/s1. The minimum Gasteiger partial charge on any atom is -0.479 e. The van der Waals surface area contributed by atoms with Crippen LogP contribution in [-0.4, -0.2) is 31.8 Å². The lowest BCUT2D eigenvalue weighted by atomic mass is 10.1. The van der Waals surface area contributed by atoms with Gasteiger partial charge in [0.2, 0.25) is 5.88 Å². The highest BCUT2D eigenvalue weighted by atomic mass is 35.5. The molecule has 0 bridgehead atoms. The zero-order valence-electron chi connectivity index (χ0n) is 17.8. The molecule has 31 heavy (non-hydrogen) atoms. The lowest BCUT2D eigenvalue weighted by molar-refractivity contribution is 0.396. The van der Waals surface area contributed by atoms with Gasteiger partial charge in [0.1, 0.15) is 11.4 Å². The van der Waals surface area contributed by atoms with Gasteiger partial charge in [-0.25, -0.2) is 9.97 Å². The first-order valence-corrected chi connectivity index (χ1v) is 10.2. The molecule has 4 aromatic rings. The first-order valence-electron chi connectivity index (χ1n) is 9.87. The molecule has 0 saturated heterocycles. The van der Waals surface area contributed by atoms with E-state index < -0.39 is 0 Å². The Labute approximate surface area is 186 Å². The second-order valence-electron chi connectivity index (χ2n) is 7.33. The van der Waals surface area contributed by atoms with E-state index in [0.717, 1.165) is 22.5 Å². The van der Waals surface area contributed by atoms with Crippen LogP contribution in [0.4, 0.5) is 5.82 Å². The van der Waals surface area contributed by atoms with E-state index in [0.29, 0.717) is 28.1 Å². The normalized spacial score (nSPS) is 11.9. The number of aromatic nitrogens is 5. The number of imidazole rings is 1. The summed E-state index contributed by atoms with van der Waals surface area (Å²) < 4.78 is 7.39. The number of ether oxygens (including phenoxy) is 1. The largest absolute Gasteiger partial charge is 0.479 e. The molecule has 4 rings (SSSR count). The predicted molar refractivity (Wildman–Crippen MR) is 122 cm³/mol. The number of rotatable bonds is 6. The number of benzene rings is 1. The van der Waals surface area contributed by atoms with E-state index in [4.69, 9.17) is 16.3 Å². The molecule has 0 unspecified atom stereocenters. The molecule has 1 atom stereocenters. The molecule has 0 aliphatic heterocycles. The highest BCUT2D eigenvalue weighted by molar-refractivity contribution is 6.30. The fourth-order valence-corrected chi connectivity index (χ4v) is 3.49. The summed E-state index contributed by atoms with van der Waals surface area (Å²) in [5.74, 6) is 1.21. The zero-order chi connectivity index (χ0) is 22.0. The van der Waals surface area contributed by atoms with Gasteiger partial charge in [-0.2, -0.15) is 0 Å². The summed E-state index contributed by atoms with van der Waals surface area (Å²) in [5, 5.41) is 12.9. The highest BCUT2D eigenvalue weighted by Gasteiger charge is 2.14. The van der Waals surface area contributed by atoms with Crippen LogP contribution in [0.15, 0.2) is 55.0 Å². The van der Waals surface area contributed by atoms with Gasteiger partial charge in [-0.05, 0) is 62.2 Å². The van der Waals surface area contributed by atoms with Crippen LogP contribution in [0.1, 0.15) is 29.8 Å². The minimum absolute atomic E-state index is 0.0358. The van der Waals surface area contributed by atoms with Crippen molar-refractivity contribution in [2.75, 3.05) is 12.4 Å². The van der Waals surface area contributed by atoms with Crippen molar-refractivity contribution in [1.29, 1.82) is 0 Å². The molecule has 0 saturated carbocycles. The average molecular weight is 435 g/mol. The van der Waals surface area contributed by atoms with Crippen LogP contribution < -0.4 is 10.1 Å². The first kappa shape index (κ1) is 20.8. The lowest BCUT2D eigenvalue weighted by Crippen LogP contribution is -2.10. The Hall–Kier alpha value is -3.45. The summed E-state index contributed by atoms with van der Waals surface area (Å²) in [5.41, 5.74) is 5.13. The molecular weight excluding hydrogens is 412 g/mol. The number of pyridine rings is 1. The number of methoxy groups -OCH3 is 1. The molecule has 158 valence electrons. The van der Waals surface area contributed by atoms with Crippen LogP contribution in [0.25, 0.3) is 17.1 Å². The van der Waals surface area contributed by atoms with Crippen LogP contribution in [0, 0.1) is 13.8 Å². The maximum absolute atomic E-state index is 6.11. The van der Waals surface area contributed by atoms with E-state index in [1.807, 2.05) is 67.1 Å². The van der Waals surface area contributed by atoms with Gasteiger partial charge < -0.3 is 14.6 Å². The number of halogens is 1. The summed E-state index contributed by atoms with van der Waals surface area (Å²) in [6.45, 7) is 5.99. The molecule has 0 fully saturated rings. The van der Waals surface area contributed by atoms with Crippen LogP contribution in [-0.2, 0) is 0 Å². The van der Waals surface area contributed by atoms with Crippen molar-refractivity contribution in [1.82, 2.24) is 24.7 Å². The van der Waals surface area contributed by atoms with Crippen LogP contribution in [0.3, 0.4) is 0 Å². The van der Waals surface area contributed by atoms with Crippen LogP contribution in [0.2, 0.25) is 5.02 Å². The van der Waals surface area contributed by atoms with Gasteiger partial charge >= 0.3 is 0 Å². The van der Waals surface area contributed by atoms with Crippen LogP contribution in [0.5, 0.6) is 5.88 Å². The smallest absolute Gasteiger partial charge is 0.238 e. The molecule has 3 heterocycles. The molecule has 0 aliphatic carbocycles. The van der Waals surface area contributed by atoms with E-state index in [1.165, 1.54) is 0 Å². The third-order valence-electron chi connectivity index (χ3n) is 4.97. The molecular formula is C23H23ClN6O. The first-order chi connectivity index (χ1) is 14.9. The Morgan fingerprint density at radius 2 is 1.90 bits per heavy atom. The average Bonchev–Trinajstić information content (AvgIpc) is 3.20. The van der Waals surface area contributed by atoms with Gasteiger partial charge in [0.25, 0.3) is 0 Å². The monoisotopic (exact) mass is 434 g/mol. The zero-order valence-corrected chi connectivity index (χ0v) is 18.6. The molecule has 1 aromatic carbocycles. The van der Waals surface area contributed by atoms with E-state index in [2.05, 4.69) is 32.4 Å². The summed E-state index contributed by atoms with van der Waals surface area (Å²) in [4.78, 5) is 8.89. The number of anilines is 1. The molecule has 8 heteroatoms. The quantitative estimate of drug-likeness (QED) is 0.450. The fourth-order valence-electron chi connectivity index (χ4n) is 3.29. The molecule has 0 radical (unpaired) electrons. The third-order valence-corrected chi connectivity index (χ3v) is 5.21. The van der Waals surface area contributed by atoms with Gasteiger partial charge in [0.05, 0.1) is 30.9 Å². The molecule has 0 spiro atoms. The third kappa shape index (κ3) is 4.51. The predicted octanol–water partition coefficient (Wildman–Crippen LogP) is 5.18. The van der Waals surface area contributed by atoms with E-state index in [9.17, 15) is 0 Å². The number of hydrogen-bond donors (Lipinski definition) is 1. The summed E-state index contributed by atoms with van der Waals surface area (Å²) >= 11 is 6.11. The number of hydrogen-bond acceptors (Lipinski definition) is 6. The van der Waals surface area contributed by atoms with Gasteiger partial charge in [-0.3, -0.25) is 0 Å². The molecule has 0 aliphatic rings. The van der Waals surface area contributed by atoms with Gasteiger partial charge in [0.15, 0.2) is 5.82 Å². The van der Waals surface area contributed by atoms with E-state index >= 15 is 0 Å².